The van der Waals surface area contributed by atoms with Gasteiger partial charge in [0.25, 0.3) is 5.91 Å². The largest absolute Gasteiger partial charge is 0.450 e. The van der Waals surface area contributed by atoms with Crippen molar-refractivity contribution in [3.05, 3.63) is 24.3 Å². The van der Waals surface area contributed by atoms with Crippen LogP contribution in [0.1, 0.15) is 17.4 Å². The lowest BCUT2D eigenvalue weighted by atomic mass is 10.4. The maximum Gasteiger partial charge on any atom is 0.407 e. The normalized spacial score (nSPS) is 9.47. The van der Waals surface area contributed by atoms with Gasteiger partial charge in [-0.3, -0.25) is 9.78 Å². The standard InChI is InChI=1S/C10H14N4O3/c1-2-17-10(16)14-6-5-13-9(15)8-7-11-3-4-12-8/h3-4,7H,2,5-6H2,1H3,(H,13,15)(H,14,16). The van der Waals surface area contributed by atoms with Crippen LogP contribution in [0.15, 0.2) is 18.6 Å². The van der Waals surface area contributed by atoms with Gasteiger partial charge in [-0.2, -0.15) is 0 Å². The minimum atomic E-state index is -0.499. The molecular weight excluding hydrogens is 224 g/mol. The van der Waals surface area contributed by atoms with Crippen LogP contribution >= 0.6 is 0 Å². The molecule has 1 aromatic heterocycles. The minimum absolute atomic E-state index is 0.239. The Morgan fingerprint density at radius 1 is 1.29 bits per heavy atom. The molecule has 2 N–H and O–H groups in total. The first-order valence-corrected chi connectivity index (χ1v) is 5.19. The molecule has 0 saturated carbocycles. The molecule has 7 heteroatoms. The van der Waals surface area contributed by atoms with Gasteiger partial charge in [0.05, 0.1) is 12.8 Å². The molecule has 0 unspecified atom stereocenters. The summed E-state index contributed by atoms with van der Waals surface area (Å²) in [6.07, 6.45) is 3.79. The molecule has 0 saturated heterocycles. The van der Waals surface area contributed by atoms with Gasteiger partial charge in [0.15, 0.2) is 0 Å². The van der Waals surface area contributed by atoms with Gasteiger partial charge in [-0.25, -0.2) is 9.78 Å². The Balaban J connectivity index is 2.19. The highest BCUT2D eigenvalue weighted by Gasteiger charge is 2.05. The Morgan fingerprint density at radius 3 is 2.71 bits per heavy atom. The van der Waals surface area contributed by atoms with Crippen molar-refractivity contribution in [1.29, 1.82) is 0 Å². The molecule has 0 aliphatic heterocycles. The number of hydrogen-bond acceptors (Lipinski definition) is 5. The van der Waals surface area contributed by atoms with E-state index in [-0.39, 0.29) is 11.6 Å². The maximum absolute atomic E-state index is 11.5. The summed E-state index contributed by atoms with van der Waals surface area (Å²) in [5, 5.41) is 5.06. The van der Waals surface area contributed by atoms with Gasteiger partial charge in [0, 0.05) is 25.5 Å². The van der Waals surface area contributed by atoms with E-state index in [2.05, 4.69) is 25.3 Å². The summed E-state index contributed by atoms with van der Waals surface area (Å²) in [4.78, 5) is 30.0. The van der Waals surface area contributed by atoms with Crippen molar-refractivity contribution >= 4 is 12.0 Å². The fourth-order valence-electron chi connectivity index (χ4n) is 1.03. The monoisotopic (exact) mass is 238 g/mol. The van der Waals surface area contributed by atoms with Crippen LogP contribution in [0.3, 0.4) is 0 Å². The highest BCUT2D eigenvalue weighted by atomic mass is 16.5. The molecule has 0 spiro atoms. The minimum Gasteiger partial charge on any atom is -0.450 e. The van der Waals surface area contributed by atoms with Crippen molar-refractivity contribution < 1.29 is 14.3 Å². The van der Waals surface area contributed by atoms with Crippen molar-refractivity contribution in [1.82, 2.24) is 20.6 Å². The van der Waals surface area contributed by atoms with E-state index >= 15 is 0 Å². The average Bonchev–Trinajstić information content (AvgIpc) is 2.36. The summed E-state index contributed by atoms with van der Waals surface area (Å²) in [6, 6.07) is 0. The van der Waals surface area contributed by atoms with E-state index < -0.39 is 6.09 Å². The Hall–Kier alpha value is -2.18. The van der Waals surface area contributed by atoms with E-state index in [1.165, 1.54) is 18.6 Å². The van der Waals surface area contributed by atoms with Gasteiger partial charge in [-0.1, -0.05) is 0 Å². The highest BCUT2D eigenvalue weighted by molar-refractivity contribution is 5.91. The van der Waals surface area contributed by atoms with Gasteiger partial charge in [-0.15, -0.1) is 0 Å². The van der Waals surface area contributed by atoms with E-state index in [4.69, 9.17) is 0 Å². The van der Waals surface area contributed by atoms with Crippen molar-refractivity contribution in [2.45, 2.75) is 6.92 Å². The Morgan fingerprint density at radius 2 is 2.06 bits per heavy atom. The third-order valence-corrected chi connectivity index (χ3v) is 1.75. The van der Waals surface area contributed by atoms with Crippen molar-refractivity contribution in [3.8, 4) is 0 Å². The van der Waals surface area contributed by atoms with Gasteiger partial charge in [0.1, 0.15) is 5.69 Å². The number of nitrogens with one attached hydrogen (secondary N) is 2. The number of hydrogen-bond donors (Lipinski definition) is 2. The van der Waals surface area contributed by atoms with E-state index in [9.17, 15) is 9.59 Å². The highest BCUT2D eigenvalue weighted by Crippen LogP contribution is 1.88. The third-order valence-electron chi connectivity index (χ3n) is 1.75. The van der Waals surface area contributed by atoms with Crippen LogP contribution in [0.2, 0.25) is 0 Å². The number of rotatable bonds is 5. The zero-order chi connectivity index (χ0) is 12.5. The van der Waals surface area contributed by atoms with Gasteiger partial charge in [0.2, 0.25) is 0 Å². The molecule has 7 nitrogen and oxygen atoms in total. The quantitative estimate of drug-likeness (QED) is 0.702. The summed E-state index contributed by atoms with van der Waals surface area (Å²) < 4.78 is 4.65. The number of amides is 2. The molecule has 0 bridgehead atoms. The molecular formula is C10H14N4O3. The van der Waals surface area contributed by atoms with E-state index in [0.29, 0.717) is 19.7 Å². The van der Waals surface area contributed by atoms with Crippen molar-refractivity contribution in [3.63, 3.8) is 0 Å². The van der Waals surface area contributed by atoms with Crippen LogP contribution in [0.5, 0.6) is 0 Å². The number of ether oxygens (including phenoxy) is 1. The molecule has 0 aliphatic carbocycles. The first-order valence-electron chi connectivity index (χ1n) is 5.19. The molecule has 1 heterocycles. The van der Waals surface area contributed by atoms with Crippen LogP contribution in [0.4, 0.5) is 4.79 Å². The first kappa shape index (κ1) is 12.9. The Labute approximate surface area is 98.6 Å². The first-order chi connectivity index (χ1) is 8.24. The molecule has 2 amide bonds. The lowest BCUT2D eigenvalue weighted by Crippen LogP contribution is -2.35. The number of carbonyl (C=O) groups excluding carboxylic acids is 2. The van der Waals surface area contributed by atoms with Crippen molar-refractivity contribution in [2.75, 3.05) is 19.7 Å². The Bertz CT molecular complexity index is 369. The topological polar surface area (TPSA) is 93.2 Å². The number of aromatic nitrogens is 2. The zero-order valence-electron chi connectivity index (χ0n) is 9.47. The zero-order valence-corrected chi connectivity index (χ0v) is 9.47. The summed E-state index contributed by atoms with van der Waals surface area (Å²) >= 11 is 0. The second-order valence-corrected chi connectivity index (χ2v) is 2.99. The summed E-state index contributed by atoms with van der Waals surface area (Å²) in [5.41, 5.74) is 0.239. The number of alkyl carbamates (subject to hydrolysis) is 1. The van der Waals surface area contributed by atoms with E-state index in [1.54, 1.807) is 6.92 Å². The van der Waals surface area contributed by atoms with E-state index in [0.717, 1.165) is 0 Å². The number of nitrogens with zero attached hydrogens (tertiary/aromatic N) is 2. The lowest BCUT2D eigenvalue weighted by molar-refractivity contribution is 0.0947. The van der Waals surface area contributed by atoms with E-state index in [1.807, 2.05) is 0 Å². The fraction of sp³-hybridized carbons (Fsp3) is 0.400. The second-order valence-electron chi connectivity index (χ2n) is 2.99. The Kier molecular flexibility index (Phi) is 5.42. The molecule has 0 aliphatic rings. The van der Waals surface area contributed by atoms with Crippen molar-refractivity contribution in [2.24, 2.45) is 0 Å². The molecule has 1 rings (SSSR count). The SMILES string of the molecule is CCOC(=O)NCCNC(=O)c1cnccn1. The fourth-order valence-corrected chi connectivity index (χ4v) is 1.03. The van der Waals surface area contributed by atoms with Crippen LogP contribution in [0, 0.1) is 0 Å². The summed E-state index contributed by atoms with van der Waals surface area (Å²) in [5.74, 6) is -0.330. The third kappa shape index (κ3) is 4.92. The molecule has 1 aromatic rings. The molecule has 17 heavy (non-hydrogen) atoms. The molecule has 0 atom stereocenters. The van der Waals surface area contributed by atoms with Gasteiger partial charge >= 0.3 is 6.09 Å². The summed E-state index contributed by atoms with van der Waals surface area (Å²) in [6.45, 7) is 2.63. The van der Waals surface area contributed by atoms with Crippen LogP contribution in [-0.4, -0.2) is 41.7 Å². The number of carbonyl (C=O) groups is 2. The predicted octanol–water partition coefficient (Wildman–Crippen LogP) is -0.0475. The molecule has 0 radical (unpaired) electrons. The van der Waals surface area contributed by atoms with Crippen LogP contribution in [0.25, 0.3) is 0 Å². The smallest absolute Gasteiger partial charge is 0.407 e. The lowest BCUT2D eigenvalue weighted by Gasteiger charge is -2.06. The van der Waals surface area contributed by atoms with Gasteiger partial charge in [-0.05, 0) is 6.92 Å². The molecule has 92 valence electrons. The maximum atomic E-state index is 11.5. The summed E-state index contributed by atoms with van der Waals surface area (Å²) in [7, 11) is 0. The molecule has 0 aromatic carbocycles. The van der Waals surface area contributed by atoms with Gasteiger partial charge < -0.3 is 15.4 Å². The van der Waals surface area contributed by atoms with Crippen LogP contribution in [-0.2, 0) is 4.74 Å². The molecule has 0 fully saturated rings. The van der Waals surface area contributed by atoms with Crippen LogP contribution < -0.4 is 10.6 Å². The second kappa shape index (κ2) is 7.15. The average molecular weight is 238 g/mol. The predicted molar refractivity (Wildman–Crippen MR) is 59.4 cm³/mol.